The summed E-state index contributed by atoms with van der Waals surface area (Å²) >= 11 is 0. The molecule has 1 N–H and O–H groups in total. The third-order valence-electron chi connectivity index (χ3n) is 6.40. The highest BCUT2D eigenvalue weighted by Crippen LogP contribution is 2.65. The predicted octanol–water partition coefficient (Wildman–Crippen LogP) is 2.01. The van der Waals surface area contributed by atoms with E-state index in [1.807, 2.05) is 0 Å². The van der Waals surface area contributed by atoms with Crippen molar-refractivity contribution < 1.29 is 9.31 Å². The van der Waals surface area contributed by atoms with Crippen LogP contribution in [-0.4, -0.2) is 31.3 Å². The number of hydrogen-bond donors (Lipinski definition) is 1. The molecule has 5 rings (SSSR count). The number of nitrogens with one attached hydrogen (secondary N) is 1. The molecule has 5 atom stereocenters. The Bertz CT molecular complexity index is 369. The van der Waals surface area contributed by atoms with E-state index in [0.717, 1.165) is 12.5 Å². The van der Waals surface area contributed by atoms with E-state index in [1.165, 1.54) is 25.7 Å². The van der Waals surface area contributed by atoms with E-state index < -0.39 is 0 Å². The van der Waals surface area contributed by atoms with Gasteiger partial charge in [0.15, 0.2) is 0 Å². The average Bonchev–Trinajstić information content (AvgIpc) is 2.92. The van der Waals surface area contributed by atoms with Gasteiger partial charge in [-0.3, -0.25) is 0 Å². The highest BCUT2D eigenvalue weighted by atomic mass is 16.7. The summed E-state index contributed by atoms with van der Waals surface area (Å²) in [5.41, 5.74) is 0.416. The van der Waals surface area contributed by atoms with Crippen LogP contribution in [0.2, 0.25) is 0 Å². The maximum Gasteiger partial charge on any atom is 0.475 e. The van der Waals surface area contributed by atoms with Crippen molar-refractivity contribution in [3.8, 4) is 0 Å². The Balaban J connectivity index is 1.57. The summed E-state index contributed by atoms with van der Waals surface area (Å²) in [4.78, 5) is 0. The highest BCUT2D eigenvalue weighted by molar-refractivity contribution is 6.47. The smallest absolute Gasteiger partial charge is 0.404 e. The van der Waals surface area contributed by atoms with Crippen LogP contribution in [0, 0.1) is 17.3 Å². The normalized spacial score (nSPS) is 53.2. The molecule has 2 heterocycles. The summed E-state index contributed by atoms with van der Waals surface area (Å²) in [5.74, 6) is 1.95. The minimum absolute atomic E-state index is 0.00218. The van der Waals surface area contributed by atoms with Gasteiger partial charge in [-0.1, -0.05) is 13.8 Å². The van der Waals surface area contributed by atoms with Crippen LogP contribution >= 0.6 is 0 Å². The van der Waals surface area contributed by atoms with Crippen LogP contribution < -0.4 is 5.32 Å². The van der Waals surface area contributed by atoms with Crippen LogP contribution in [0.25, 0.3) is 0 Å². The van der Waals surface area contributed by atoms with E-state index in [-0.39, 0.29) is 12.7 Å². The van der Waals surface area contributed by atoms with Gasteiger partial charge in [-0.05, 0) is 56.4 Å². The van der Waals surface area contributed by atoms with Crippen molar-refractivity contribution in [2.75, 3.05) is 6.54 Å². The number of hydrogen-bond acceptors (Lipinski definition) is 3. The van der Waals surface area contributed by atoms with Crippen molar-refractivity contribution in [3.05, 3.63) is 0 Å². The minimum Gasteiger partial charge on any atom is -0.404 e. The van der Waals surface area contributed by atoms with E-state index >= 15 is 0 Å². The predicted molar refractivity (Wildman–Crippen MR) is 71.1 cm³/mol. The van der Waals surface area contributed by atoms with E-state index in [4.69, 9.17) is 9.31 Å². The molecule has 0 spiro atoms. The first kappa shape index (κ1) is 11.7. The Labute approximate surface area is 110 Å². The molecule has 2 bridgehead atoms. The molecule has 3 aliphatic carbocycles. The lowest BCUT2D eigenvalue weighted by molar-refractivity contribution is -0.199. The second-order valence-electron chi connectivity index (χ2n) is 7.54. The lowest BCUT2D eigenvalue weighted by Crippen LogP contribution is -2.65. The van der Waals surface area contributed by atoms with Gasteiger partial charge in [-0.25, -0.2) is 0 Å². The monoisotopic (exact) mass is 249 g/mol. The summed E-state index contributed by atoms with van der Waals surface area (Å²) in [6.45, 7) is 8.25. The van der Waals surface area contributed by atoms with E-state index in [1.54, 1.807) is 0 Å². The Morgan fingerprint density at radius 2 is 2.06 bits per heavy atom. The molecule has 2 aliphatic heterocycles. The van der Waals surface area contributed by atoms with Gasteiger partial charge in [0.2, 0.25) is 0 Å². The fraction of sp³-hybridized carbons (Fsp3) is 1.00. The van der Waals surface area contributed by atoms with Crippen LogP contribution in [0.15, 0.2) is 0 Å². The highest BCUT2D eigenvalue weighted by Gasteiger charge is 2.68. The second kappa shape index (κ2) is 3.53. The van der Waals surface area contributed by atoms with Gasteiger partial charge in [0.1, 0.15) is 0 Å². The van der Waals surface area contributed by atoms with Gasteiger partial charge in [0, 0.05) is 5.94 Å². The van der Waals surface area contributed by atoms with Crippen LogP contribution in [0.1, 0.15) is 46.5 Å². The molecular formula is C14H24BNO2. The molecule has 0 amide bonds. The maximum atomic E-state index is 6.44. The molecule has 5 fully saturated rings. The van der Waals surface area contributed by atoms with Crippen molar-refractivity contribution in [1.82, 2.24) is 5.32 Å². The molecule has 3 saturated carbocycles. The van der Waals surface area contributed by atoms with Crippen LogP contribution in [-0.2, 0) is 9.31 Å². The molecule has 0 radical (unpaired) electrons. The molecule has 4 heteroatoms. The topological polar surface area (TPSA) is 30.5 Å². The van der Waals surface area contributed by atoms with Crippen LogP contribution in [0.4, 0.5) is 0 Å². The molecule has 0 aromatic carbocycles. The fourth-order valence-corrected chi connectivity index (χ4v) is 5.01. The maximum absolute atomic E-state index is 6.44. The zero-order chi connectivity index (χ0) is 12.5. The Morgan fingerprint density at radius 3 is 2.72 bits per heavy atom. The largest absolute Gasteiger partial charge is 0.475 e. The Kier molecular flexibility index (Phi) is 2.30. The zero-order valence-corrected chi connectivity index (χ0v) is 11.7. The molecule has 5 aliphatic rings. The summed E-state index contributed by atoms with van der Waals surface area (Å²) in [6, 6.07) is 0. The first-order chi connectivity index (χ1) is 8.52. The van der Waals surface area contributed by atoms with Gasteiger partial charge in [-0.15, -0.1) is 0 Å². The molecular weight excluding hydrogens is 225 g/mol. The van der Waals surface area contributed by atoms with E-state index in [2.05, 4.69) is 26.1 Å². The second-order valence-corrected chi connectivity index (χ2v) is 7.54. The molecule has 0 aromatic heterocycles. The van der Waals surface area contributed by atoms with Crippen molar-refractivity contribution in [1.29, 1.82) is 0 Å². The standard InChI is InChI=1S/C14H24BNO2/c1-13(2)9-7-10(13)14(3)11(8-9)17-15(18-14)12-5-4-6-16-12/h9-12,16H,4-8H2,1-3H3/t9-,10-,11-,12-,14+/m0/s1. The van der Waals surface area contributed by atoms with E-state index in [0.29, 0.717) is 23.4 Å². The third kappa shape index (κ3) is 1.32. The number of rotatable bonds is 1. The Morgan fingerprint density at radius 1 is 1.22 bits per heavy atom. The first-order valence-electron chi connectivity index (χ1n) is 7.58. The molecule has 0 aromatic rings. The van der Waals surface area contributed by atoms with Gasteiger partial charge in [0.25, 0.3) is 0 Å². The quantitative estimate of drug-likeness (QED) is 0.721. The minimum atomic E-state index is -0.0345. The lowest BCUT2D eigenvalue weighted by Gasteiger charge is -2.64. The molecule has 3 nitrogen and oxygen atoms in total. The molecule has 2 saturated heterocycles. The van der Waals surface area contributed by atoms with Gasteiger partial charge < -0.3 is 14.6 Å². The summed E-state index contributed by atoms with van der Waals surface area (Å²) < 4.78 is 12.7. The van der Waals surface area contributed by atoms with Crippen LogP contribution in [0.5, 0.6) is 0 Å². The van der Waals surface area contributed by atoms with Gasteiger partial charge >= 0.3 is 7.12 Å². The third-order valence-corrected chi connectivity index (χ3v) is 6.40. The summed E-state index contributed by atoms with van der Waals surface area (Å²) in [5, 5.41) is 3.52. The van der Waals surface area contributed by atoms with Crippen molar-refractivity contribution in [2.45, 2.75) is 64.1 Å². The van der Waals surface area contributed by atoms with Crippen molar-refractivity contribution in [3.63, 3.8) is 0 Å². The van der Waals surface area contributed by atoms with Crippen molar-refractivity contribution >= 4 is 7.12 Å². The fourth-order valence-electron chi connectivity index (χ4n) is 5.01. The average molecular weight is 249 g/mol. The SMILES string of the molecule is CC1(C)[C@@H]2C[C@@H]3OB([C@@H]4CCCN4)O[C@]3(C)[C@H]1C2. The zero-order valence-electron chi connectivity index (χ0n) is 11.7. The first-order valence-corrected chi connectivity index (χ1v) is 7.58. The van der Waals surface area contributed by atoms with Gasteiger partial charge in [0.05, 0.1) is 11.7 Å². The summed E-state index contributed by atoms with van der Waals surface area (Å²) in [6.07, 6.45) is 5.33. The van der Waals surface area contributed by atoms with Crippen LogP contribution in [0.3, 0.4) is 0 Å². The lowest BCUT2D eigenvalue weighted by atomic mass is 9.43. The molecule has 0 unspecified atom stereocenters. The molecule has 18 heavy (non-hydrogen) atoms. The van der Waals surface area contributed by atoms with Crippen molar-refractivity contribution in [2.24, 2.45) is 17.3 Å². The molecule has 100 valence electrons. The van der Waals surface area contributed by atoms with E-state index in [9.17, 15) is 0 Å². The summed E-state index contributed by atoms with van der Waals surface area (Å²) in [7, 11) is -0.00218. The Hall–Kier alpha value is -0.0551. The van der Waals surface area contributed by atoms with Gasteiger partial charge in [-0.2, -0.15) is 0 Å².